The number of unbranched alkanes of at least 4 members (excludes halogenated alkanes) is 2. The third-order valence-electron chi connectivity index (χ3n) is 12.8. The van der Waals surface area contributed by atoms with E-state index in [1.807, 2.05) is 29.4 Å². The van der Waals surface area contributed by atoms with Crippen molar-refractivity contribution >= 4 is 91.0 Å². The zero-order valence-corrected chi connectivity index (χ0v) is 42.3. The van der Waals surface area contributed by atoms with E-state index < -0.39 is 83.6 Å². The van der Waals surface area contributed by atoms with Gasteiger partial charge in [-0.15, -0.1) is 0 Å². The number of amides is 1. The number of allylic oxidation sites excluding steroid dienone is 4. The SMILES string of the molecule is COCCNC(=O)c1cc(S(=O)(=O)O)cc2c3c(ccc12)[N+](CCCCCC(=O)O)=C(C=CC=C1N(CCOC)c2ccc4c(S(=O)(=O)O)cc(S(=O)(=O)O)cc4c2C1(C)CCCS(=O)(=O)O)C3(C)C. The summed E-state index contributed by atoms with van der Waals surface area (Å²) >= 11 is 0. The van der Waals surface area contributed by atoms with Gasteiger partial charge in [-0.1, -0.05) is 12.1 Å². The van der Waals surface area contributed by atoms with Gasteiger partial charge in [-0.2, -0.15) is 38.2 Å². The van der Waals surface area contributed by atoms with E-state index >= 15 is 0 Å². The first-order valence-corrected chi connectivity index (χ1v) is 27.9. The highest BCUT2D eigenvalue weighted by Gasteiger charge is 2.47. The molecule has 0 fully saturated rings. The Balaban J connectivity index is 1.60. The molecule has 380 valence electrons. The van der Waals surface area contributed by atoms with E-state index in [0.29, 0.717) is 76.6 Å². The van der Waals surface area contributed by atoms with Crippen LogP contribution in [0.4, 0.5) is 11.4 Å². The lowest BCUT2D eigenvalue weighted by Crippen LogP contribution is -2.31. The Kier molecular flexibility index (Phi) is 15.9. The van der Waals surface area contributed by atoms with Gasteiger partial charge >= 0.3 is 5.97 Å². The van der Waals surface area contributed by atoms with Crippen LogP contribution >= 0.6 is 0 Å². The molecule has 0 aliphatic carbocycles. The zero-order chi connectivity index (χ0) is 51.8. The van der Waals surface area contributed by atoms with Gasteiger partial charge in [0, 0.05) is 85.6 Å². The molecule has 0 saturated heterocycles. The minimum absolute atomic E-state index is 0.00288. The predicted molar refractivity (Wildman–Crippen MR) is 260 cm³/mol. The van der Waals surface area contributed by atoms with E-state index in [2.05, 4.69) is 5.32 Å². The molecule has 2 aliphatic heterocycles. The average molecular weight is 1050 g/mol. The molecule has 0 radical (unpaired) electrons. The number of aliphatic carboxylic acids is 1. The first kappa shape index (κ1) is 54.2. The Morgan fingerprint density at radius 2 is 1.37 bits per heavy atom. The smallest absolute Gasteiger partial charge is 0.303 e. The molecule has 2 heterocycles. The summed E-state index contributed by atoms with van der Waals surface area (Å²) in [6, 6.07) is 10.5. The van der Waals surface area contributed by atoms with Gasteiger partial charge in [0.05, 0.1) is 34.2 Å². The third-order valence-corrected chi connectivity index (χ3v) is 16.1. The molecule has 70 heavy (non-hydrogen) atoms. The van der Waals surface area contributed by atoms with E-state index in [1.54, 1.807) is 37.3 Å². The van der Waals surface area contributed by atoms with Crippen molar-refractivity contribution in [1.29, 1.82) is 0 Å². The topological polar surface area (TPSA) is 309 Å². The number of carboxylic acids is 1. The van der Waals surface area contributed by atoms with Crippen LogP contribution in [0.1, 0.15) is 80.8 Å². The summed E-state index contributed by atoms with van der Waals surface area (Å²) in [5.41, 5.74) is 0.859. The first-order valence-electron chi connectivity index (χ1n) is 22.0. The largest absolute Gasteiger partial charge is 0.481 e. The summed E-state index contributed by atoms with van der Waals surface area (Å²) in [4.78, 5) is 24.6. The van der Waals surface area contributed by atoms with E-state index in [-0.39, 0.29) is 61.9 Å². The van der Waals surface area contributed by atoms with E-state index in [0.717, 1.165) is 12.1 Å². The van der Waals surface area contributed by atoms with Crippen molar-refractivity contribution in [1.82, 2.24) is 5.32 Å². The Bertz CT molecular complexity index is 3330. The van der Waals surface area contributed by atoms with Gasteiger partial charge in [0.25, 0.3) is 46.4 Å². The van der Waals surface area contributed by atoms with Crippen molar-refractivity contribution < 1.29 is 80.6 Å². The van der Waals surface area contributed by atoms with Crippen molar-refractivity contribution in [2.75, 3.05) is 57.7 Å². The van der Waals surface area contributed by atoms with Crippen LogP contribution in [-0.2, 0) is 65.6 Å². The van der Waals surface area contributed by atoms with Gasteiger partial charge in [-0.05, 0) is 111 Å². The van der Waals surface area contributed by atoms with E-state index in [9.17, 15) is 66.6 Å². The Hall–Kier alpha value is -5.15. The maximum Gasteiger partial charge on any atom is 0.303 e. The lowest BCUT2D eigenvalue weighted by Gasteiger charge is -2.31. The van der Waals surface area contributed by atoms with Crippen molar-refractivity contribution in [3.63, 3.8) is 0 Å². The fourth-order valence-corrected chi connectivity index (χ4v) is 12.1. The number of nitrogens with one attached hydrogen (secondary N) is 1. The van der Waals surface area contributed by atoms with Gasteiger partial charge in [0.15, 0.2) is 5.71 Å². The lowest BCUT2D eigenvalue weighted by atomic mass is 9.75. The number of ether oxygens (including phenoxy) is 2. The number of fused-ring (bicyclic) bond motifs is 6. The van der Waals surface area contributed by atoms with E-state index in [1.165, 1.54) is 26.4 Å². The molecule has 1 atom stereocenters. The molecule has 0 aromatic heterocycles. The summed E-state index contributed by atoms with van der Waals surface area (Å²) in [5, 5.41) is 12.7. The van der Waals surface area contributed by atoms with Crippen LogP contribution in [0.2, 0.25) is 0 Å². The van der Waals surface area contributed by atoms with E-state index in [4.69, 9.17) is 9.47 Å². The number of carbonyl (C=O) groups excluding carboxylic acids is 1. The lowest BCUT2D eigenvalue weighted by molar-refractivity contribution is -0.438. The van der Waals surface area contributed by atoms with Gasteiger partial charge in [0.1, 0.15) is 11.4 Å². The number of hydrogen-bond donors (Lipinski definition) is 6. The number of anilines is 1. The molecular weight excluding hydrogens is 995 g/mol. The monoisotopic (exact) mass is 1050 g/mol. The second-order valence-corrected chi connectivity index (χ2v) is 23.6. The van der Waals surface area contributed by atoms with Crippen LogP contribution in [0.3, 0.4) is 0 Å². The predicted octanol–water partition coefficient (Wildman–Crippen LogP) is 5.66. The quantitative estimate of drug-likeness (QED) is 0.0314. The highest BCUT2D eigenvalue weighted by Crippen LogP contribution is 2.54. The minimum Gasteiger partial charge on any atom is -0.481 e. The molecule has 0 spiro atoms. The first-order chi connectivity index (χ1) is 32.6. The number of carbonyl (C=O) groups is 2. The number of nitrogens with zero attached hydrogens (tertiary/aromatic N) is 2. The van der Waals surface area contributed by atoms with Gasteiger partial charge in [-0.25, -0.2) is 0 Å². The molecule has 6 N–H and O–H groups in total. The Labute approximate surface area is 406 Å². The number of rotatable bonds is 22. The molecule has 0 saturated carbocycles. The second kappa shape index (κ2) is 20.5. The Morgan fingerprint density at radius 3 is 1.97 bits per heavy atom. The fourth-order valence-electron chi connectivity index (χ4n) is 9.71. The van der Waals surface area contributed by atoms with Crippen LogP contribution < -0.4 is 10.2 Å². The summed E-state index contributed by atoms with van der Waals surface area (Å²) < 4.78 is 154. The summed E-state index contributed by atoms with van der Waals surface area (Å²) in [6.45, 7) is 6.43. The van der Waals surface area contributed by atoms with Crippen LogP contribution in [0.25, 0.3) is 21.5 Å². The number of carboxylic acid groups (broad SMARTS) is 1. The number of hydrogen-bond acceptors (Lipinski definition) is 13. The Morgan fingerprint density at radius 1 is 0.743 bits per heavy atom. The maximum absolute atomic E-state index is 13.6. The molecule has 1 amide bonds. The second-order valence-electron chi connectivity index (χ2n) is 17.8. The van der Waals surface area contributed by atoms with Gasteiger partial charge in [0.2, 0.25) is 5.69 Å². The molecule has 24 heteroatoms. The highest BCUT2D eigenvalue weighted by atomic mass is 32.2. The van der Waals surface area contributed by atoms with Crippen molar-refractivity contribution in [3.05, 3.63) is 89.1 Å². The summed E-state index contributed by atoms with van der Waals surface area (Å²) in [5.74, 6) is -2.23. The van der Waals surface area contributed by atoms with Gasteiger partial charge < -0.3 is 24.8 Å². The van der Waals surface area contributed by atoms with Crippen molar-refractivity contribution in [2.24, 2.45) is 0 Å². The number of benzene rings is 4. The molecular formula is C46H56N3O17S4+. The molecule has 0 bridgehead atoms. The number of methoxy groups -OCH3 is 2. The van der Waals surface area contributed by atoms with Gasteiger partial charge in [-0.3, -0.25) is 27.8 Å². The molecule has 4 aromatic rings. The van der Waals surface area contributed by atoms with Crippen LogP contribution in [0.5, 0.6) is 0 Å². The average Bonchev–Trinajstić information content (AvgIpc) is 3.62. The molecule has 1 unspecified atom stereocenters. The van der Waals surface area contributed by atoms with Crippen LogP contribution in [0, 0.1) is 0 Å². The normalized spacial score (nSPS) is 17.8. The molecule has 4 aromatic carbocycles. The third kappa shape index (κ3) is 11.3. The highest BCUT2D eigenvalue weighted by molar-refractivity contribution is 7.87. The molecule has 2 aliphatic rings. The maximum atomic E-state index is 13.6. The van der Waals surface area contributed by atoms with Crippen LogP contribution in [-0.4, -0.2) is 132 Å². The summed E-state index contributed by atoms with van der Waals surface area (Å²) in [7, 11) is -16.6. The fraction of sp³-hybridized carbons (Fsp3) is 0.413. The van der Waals surface area contributed by atoms with Crippen molar-refractivity contribution in [2.45, 2.75) is 84.8 Å². The van der Waals surface area contributed by atoms with Crippen LogP contribution in [0.15, 0.2) is 87.1 Å². The standard InChI is InChI=1S/C46H55N3O17S4/c1-45(2)39(48(20-8-6-7-13-41(50)51)36-16-14-31-33(42(36)45)25-29(68(56,57)58)27-35(31)44(52)47-19-22-65-4)11-9-12-40-46(3,18-10-24-67(53,54)55)43-34-26-30(69(59,60)61)28-38(70(62,63)64)32(34)15-17-37(43)49(40)21-23-66-5/h9,11-12,14-17,25-28H,6-8,10,13,18-24H2,1-5H3,(H5-,47,50,51,52,53,54,55,56,57,58,59,60,61,62,63,64)/p+1. The molecule has 6 rings (SSSR count). The summed E-state index contributed by atoms with van der Waals surface area (Å²) in [6.07, 6.45) is 6.50. The van der Waals surface area contributed by atoms with Crippen molar-refractivity contribution in [3.8, 4) is 0 Å². The zero-order valence-electron chi connectivity index (χ0n) is 39.0. The molecule has 20 nitrogen and oxygen atoms in total. The minimum atomic E-state index is -5.10.